The monoisotopic (exact) mass is 309 g/mol. The quantitative estimate of drug-likeness (QED) is 0.915. The number of aromatic amines is 1. The zero-order chi connectivity index (χ0) is 13.3. The fraction of sp³-hybridized carbons (Fsp3) is 0.417. The first-order chi connectivity index (χ1) is 8.47. The minimum absolute atomic E-state index is 0.614. The molecule has 0 fully saturated rings. The second-order valence-corrected chi connectivity index (χ2v) is 5.06. The van der Waals surface area contributed by atoms with Gasteiger partial charge in [-0.2, -0.15) is 0 Å². The van der Waals surface area contributed by atoms with Crippen LogP contribution in [0.1, 0.15) is 28.7 Å². The van der Waals surface area contributed by atoms with Crippen molar-refractivity contribution in [2.24, 2.45) is 0 Å². The Morgan fingerprint density at radius 1 is 1.06 bits per heavy atom. The van der Waals surface area contributed by atoms with Gasteiger partial charge in [0.1, 0.15) is 17.5 Å². The van der Waals surface area contributed by atoms with Gasteiger partial charge in [-0.15, -0.1) is 0 Å². The molecule has 0 spiro atoms. The number of hydrogen-bond acceptors (Lipinski definition) is 4. The van der Waals surface area contributed by atoms with Crippen LogP contribution in [0.2, 0.25) is 0 Å². The molecule has 2 rings (SSSR count). The highest BCUT2D eigenvalue weighted by atomic mass is 79.9. The minimum Gasteiger partial charge on any atom is -0.362 e. The zero-order valence-corrected chi connectivity index (χ0v) is 12.5. The van der Waals surface area contributed by atoms with Crippen molar-refractivity contribution in [2.45, 2.75) is 34.2 Å². The number of H-pyrrole nitrogens is 1. The summed E-state index contributed by atoms with van der Waals surface area (Å²) >= 11 is 3.49. The summed E-state index contributed by atoms with van der Waals surface area (Å²) in [5.74, 6) is 2.46. The third-order valence-corrected chi connectivity index (χ3v) is 3.68. The lowest BCUT2D eigenvalue weighted by molar-refractivity contribution is 0.943. The van der Waals surface area contributed by atoms with E-state index in [1.54, 1.807) is 0 Å². The van der Waals surface area contributed by atoms with Crippen LogP contribution in [0.15, 0.2) is 4.47 Å². The van der Waals surface area contributed by atoms with E-state index in [0.717, 1.165) is 39.0 Å². The van der Waals surface area contributed by atoms with Gasteiger partial charge in [-0.05, 0) is 43.6 Å². The Morgan fingerprint density at radius 2 is 1.78 bits per heavy atom. The molecule has 0 aliphatic heterocycles. The van der Waals surface area contributed by atoms with Crippen molar-refractivity contribution in [3.05, 3.63) is 33.2 Å². The molecule has 2 N–H and O–H groups in total. The molecule has 5 nitrogen and oxygen atoms in total. The lowest BCUT2D eigenvalue weighted by Gasteiger charge is -2.08. The molecule has 0 saturated heterocycles. The highest BCUT2D eigenvalue weighted by molar-refractivity contribution is 9.10. The summed E-state index contributed by atoms with van der Waals surface area (Å²) in [5, 5.41) is 3.26. The molecule has 0 aliphatic carbocycles. The molecule has 0 saturated carbocycles. The van der Waals surface area contributed by atoms with Crippen LogP contribution < -0.4 is 5.32 Å². The van der Waals surface area contributed by atoms with Crippen molar-refractivity contribution in [1.29, 1.82) is 0 Å². The van der Waals surface area contributed by atoms with E-state index < -0.39 is 0 Å². The van der Waals surface area contributed by atoms with Gasteiger partial charge < -0.3 is 10.3 Å². The van der Waals surface area contributed by atoms with Crippen LogP contribution in [0.5, 0.6) is 0 Å². The molecule has 0 aromatic carbocycles. The van der Waals surface area contributed by atoms with Gasteiger partial charge in [0.05, 0.1) is 22.4 Å². The predicted octanol–water partition coefficient (Wildman–Crippen LogP) is 2.81. The van der Waals surface area contributed by atoms with Crippen molar-refractivity contribution >= 4 is 21.7 Å². The van der Waals surface area contributed by atoms with Gasteiger partial charge >= 0.3 is 0 Å². The lowest BCUT2D eigenvalue weighted by Crippen LogP contribution is -2.06. The summed E-state index contributed by atoms with van der Waals surface area (Å²) in [6, 6.07) is 0. The van der Waals surface area contributed by atoms with E-state index in [4.69, 9.17) is 0 Å². The van der Waals surface area contributed by atoms with Gasteiger partial charge in [0, 0.05) is 5.69 Å². The molecular formula is C12H16BrN5. The second kappa shape index (κ2) is 5.06. The smallest absolute Gasteiger partial charge is 0.144 e. The van der Waals surface area contributed by atoms with Crippen molar-refractivity contribution in [3.8, 4) is 0 Å². The van der Waals surface area contributed by atoms with Gasteiger partial charge in [-0.3, -0.25) is 0 Å². The predicted molar refractivity (Wildman–Crippen MR) is 74.6 cm³/mol. The van der Waals surface area contributed by atoms with Gasteiger partial charge in [0.15, 0.2) is 0 Å². The van der Waals surface area contributed by atoms with E-state index >= 15 is 0 Å². The standard InChI is InChI=1S/C12H16BrN5/c1-6-7(2)17-10(16-6)5-14-12-11(13)8(3)15-9(4)18-12/h5H2,1-4H3,(H,16,17)(H,14,15,18). The number of aryl methyl sites for hydroxylation is 4. The number of halogens is 1. The van der Waals surface area contributed by atoms with E-state index in [1.807, 2.05) is 27.7 Å². The molecule has 6 heteroatoms. The highest BCUT2D eigenvalue weighted by Gasteiger charge is 2.08. The molecule has 0 radical (unpaired) electrons. The number of nitrogens with zero attached hydrogens (tertiary/aromatic N) is 3. The summed E-state index contributed by atoms with van der Waals surface area (Å²) in [6.07, 6.45) is 0. The van der Waals surface area contributed by atoms with Crippen molar-refractivity contribution < 1.29 is 0 Å². The largest absolute Gasteiger partial charge is 0.362 e. The first-order valence-electron chi connectivity index (χ1n) is 5.74. The summed E-state index contributed by atoms with van der Waals surface area (Å²) in [5.41, 5.74) is 3.05. The van der Waals surface area contributed by atoms with Crippen molar-refractivity contribution in [3.63, 3.8) is 0 Å². The van der Waals surface area contributed by atoms with Crippen molar-refractivity contribution in [2.75, 3.05) is 5.32 Å². The molecule has 0 atom stereocenters. The second-order valence-electron chi connectivity index (χ2n) is 4.27. The van der Waals surface area contributed by atoms with Crippen LogP contribution in [0.4, 0.5) is 5.82 Å². The van der Waals surface area contributed by atoms with E-state index in [0.29, 0.717) is 6.54 Å². The fourth-order valence-corrected chi connectivity index (χ4v) is 2.01. The third kappa shape index (κ3) is 2.69. The number of aromatic nitrogens is 4. The molecule has 2 aromatic heterocycles. The van der Waals surface area contributed by atoms with Crippen molar-refractivity contribution in [1.82, 2.24) is 19.9 Å². The van der Waals surface area contributed by atoms with Gasteiger partial charge in [0.2, 0.25) is 0 Å². The van der Waals surface area contributed by atoms with Crippen LogP contribution in [-0.2, 0) is 6.54 Å². The van der Waals surface area contributed by atoms with E-state index in [2.05, 4.69) is 41.2 Å². The summed E-state index contributed by atoms with van der Waals surface area (Å²) in [6.45, 7) is 8.45. The highest BCUT2D eigenvalue weighted by Crippen LogP contribution is 2.23. The first-order valence-corrected chi connectivity index (χ1v) is 6.53. The van der Waals surface area contributed by atoms with E-state index in [1.165, 1.54) is 0 Å². The summed E-state index contributed by atoms with van der Waals surface area (Å²) < 4.78 is 0.896. The lowest BCUT2D eigenvalue weighted by atomic mass is 10.4. The molecule has 0 amide bonds. The number of imidazole rings is 1. The molecule has 0 bridgehead atoms. The van der Waals surface area contributed by atoms with Gasteiger partial charge in [-0.1, -0.05) is 0 Å². The first kappa shape index (κ1) is 13.0. The molecule has 0 aliphatic rings. The number of hydrogen-bond donors (Lipinski definition) is 2. The maximum atomic E-state index is 4.42. The van der Waals surface area contributed by atoms with Crippen LogP contribution in [0.25, 0.3) is 0 Å². The van der Waals surface area contributed by atoms with Gasteiger partial charge in [-0.25, -0.2) is 15.0 Å². The maximum Gasteiger partial charge on any atom is 0.144 e. The molecule has 2 heterocycles. The van der Waals surface area contributed by atoms with E-state index in [9.17, 15) is 0 Å². The molecule has 2 aromatic rings. The Hall–Kier alpha value is -1.43. The topological polar surface area (TPSA) is 66.5 Å². The Kier molecular flexibility index (Phi) is 3.65. The zero-order valence-electron chi connectivity index (χ0n) is 10.9. The Labute approximate surface area is 115 Å². The SMILES string of the molecule is Cc1nc(C)c(Br)c(NCc2nc(C)c(C)[nH]2)n1. The number of anilines is 1. The minimum atomic E-state index is 0.614. The van der Waals surface area contributed by atoms with Gasteiger partial charge in [0.25, 0.3) is 0 Å². The van der Waals surface area contributed by atoms with Crippen LogP contribution in [0.3, 0.4) is 0 Å². The third-order valence-electron chi connectivity index (χ3n) is 2.73. The van der Waals surface area contributed by atoms with Crippen LogP contribution >= 0.6 is 15.9 Å². The van der Waals surface area contributed by atoms with E-state index in [-0.39, 0.29) is 0 Å². The average Bonchev–Trinajstić information content (AvgIpc) is 2.61. The number of rotatable bonds is 3. The molecule has 96 valence electrons. The normalized spacial score (nSPS) is 10.7. The molecule has 18 heavy (non-hydrogen) atoms. The average molecular weight is 310 g/mol. The summed E-state index contributed by atoms with van der Waals surface area (Å²) in [4.78, 5) is 16.3. The molecule has 0 unspecified atom stereocenters. The Bertz CT molecular complexity index is 557. The maximum absolute atomic E-state index is 4.42. The fourth-order valence-electron chi connectivity index (χ4n) is 1.69. The van der Waals surface area contributed by atoms with Crippen LogP contribution in [0, 0.1) is 27.7 Å². The summed E-state index contributed by atoms with van der Waals surface area (Å²) in [7, 11) is 0. The Morgan fingerprint density at radius 3 is 2.39 bits per heavy atom. The Balaban J connectivity index is 2.15. The number of nitrogens with one attached hydrogen (secondary N) is 2. The van der Waals surface area contributed by atoms with Crippen LogP contribution in [-0.4, -0.2) is 19.9 Å². The molecular weight excluding hydrogens is 294 g/mol.